The van der Waals surface area contributed by atoms with Crippen molar-refractivity contribution in [2.24, 2.45) is 0 Å². The van der Waals surface area contributed by atoms with Crippen LogP contribution in [0.1, 0.15) is 61.2 Å². The normalized spacial score (nSPS) is 14.2. The van der Waals surface area contributed by atoms with Crippen LogP contribution < -0.4 is 5.32 Å². The molecular formula is C30H23Cl2NO8. The Balaban J connectivity index is 1.75. The number of aromatic carboxylic acids is 2. The third-order valence-corrected chi connectivity index (χ3v) is 7.02. The molecule has 3 aromatic carbocycles. The maximum absolute atomic E-state index is 13.4. The Labute approximate surface area is 244 Å². The minimum absolute atomic E-state index is 0.0370. The van der Waals surface area contributed by atoms with Gasteiger partial charge in [-0.1, -0.05) is 53.6 Å². The Hall–Kier alpha value is -4.60. The average Bonchev–Trinajstić information content (AvgIpc) is 3.37. The minimum atomic E-state index is -1.58. The number of esters is 1. The number of allylic oxidation sites excluding steroid dienone is 1. The van der Waals surface area contributed by atoms with E-state index in [-0.39, 0.29) is 11.3 Å². The van der Waals surface area contributed by atoms with Gasteiger partial charge < -0.3 is 25.4 Å². The van der Waals surface area contributed by atoms with Crippen LogP contribution >= 0.6 is 23.2 Å². The number of carbonyl (C=O) groups is 4. The molecule has 1 aliphatic rings. The molecule has 0 saturated carbocycles. The van der Waals surface area contributed by atoms with E-state index >= 15 is 0 Å². The first-order chi connectivity index (χ1) is 19.3. The van der Waals surface area contributed by atoms with Crippen molar-refractivity contribution in [3.05, 3.63) is 105 Å². The number of aromatic hydroxyl groups is 1. The van der Waals surface area contributed by atoms with Crippen molar-refractivity contribution >= 4 is 52.7 Å². The Morgan fingerprint density at radius 1 is 0.927 bits per heavy atom. The van der Waals surface area contributed by atoms with E-state index in [9.17, 15) is 34.5 Å². The summed E-state index contributed by atoms with van der Waals surface area (Å²) in [6.07, 6.45) is 2.46. The summed E-state index contributed by atoms with van der Waals surface area (Å²) in [5.41, 5.74) is 0.909. The summed E-state index contributed by atoms with van der Waals surface area (Å²) in [5, 5.41) is 32.1. The van der Waals surface area contributed by atoms with Crippen molar-refractivity contribution in [1.82, 2.24) is 0 Å². The molecule has 11 heteroatoms. The third-order valence-electron chi connectivity index (χ3n) is 6.47. The highest BCUT2D eigenvalue weighted by molar-refractivity contribution is 6.36. The molecular weight excluding hydrogens is 573 g/mol. The van der Waals surface area contributed by atoms with Gasteiger partial charge in [0.05, 0.1) is 22.4 Å². The predicted molar refractivity (Wildman–Crippen MR) is 153 cm³/mol. The van der Waals surface area contributed by atoms with E-state index in [1.54, 1.807) is 18.2 Å². The smallest absolute Gasteiger partial charge is 0.340 e. The summed E-state index contributed by atoms with van der Waals surface area (Å²) in [4.78, 5) is 50.0. The molecule has 9 nitrogen and oxygen atoms in total. The van der Waals surface area contributed by atoms with Gasteiger partial charge in [0.2, 0.25) is 0 Å². The van der Waals surface area contributed by atoms with Gasteiger partial charge in [0.25, 0.3) is 5.91 Å². The molecule has 0 bridgehead atoms. The number of carboxylic acid groups (broad SMARTS) is 2. The number of amides is 1. The van der Waals surface area contributed by atoms with Gasteiger partial charge in [-0.2, -0.15) is 0 Å². The van der Waals surface area contributed by atoms with E-state index in [1.165, 1.54) is 18.2 Å². The van der Waals surface area contributed by atoms with Crippen molar-refractivity contribution in [3.8, 4) is 16.9 Å². The van der Waals surface area contributed by atoms with E-state index in [0.29, 0.717) is 40.1 Å². The van der Waals surface area contributed by atoms with E-state index < -0.39 is 52.4 Å². The third kappa shape index (κ3) is 6.42. The highest BCUT2D eigenvalue weighted by atomic mass is 35.5. The number of benzene rings is 3. The molecule has 210 valence electrons. The van der Waals surface area contributed by atoms with Crippen molar-refractivity contribution < 1.29 is 39.2 Å². The summed E-state index contributed by atoms with van der Waals surface area (Å²) in [6.45, 7) is 5.76. The van der Waals surface area contributed by atoms with Gasteiger partial charge in [0.1, 0.15) is 17.4 Å². The fraction of sp³-hybridized carbons (Fsp3) is 0.133. The second kappa shape index (κ2) is 11.9. The molecule has 0 aromatic heterocycles. The number of hydrogen-bond acceptors (Lipinski definition) is 6. The van der Waals surface area contributed by atoms with E-state index in [0.717, 1.165) is 17.2 Å². The number of carbonyl (C=O) groups excluding carboxylic acids is 2. The van der Waals surface area contributed by atoms with Crippen LogP contribution in [0.4, 0.5) is 5.69 Å². The number of anilines is 1. The fourth-order valence-corrected chi connectivity index (χ4v) is 4.89. The van der Waals surface area contributed by atoms with Crippen LogP contribution in [-0.4, -0.2) is 45.2 Å². The molecule has 4 rings (SSSR count). The van der Waals surface area contributed by atoms with E-state index in [2.05, 4.69) is 11.9 Å². The molecule has 0 spiro atoms. The molecule has 41 heavy (non-hydrogen) atoms. The fourth-order valence-electron chi connectivity index (χ4n) is 4.37. The summed E-state index contributed by atoms with van der Waals surface area (Å²) in [6, 6.07) is 10.7. The lowest BCUT2D eigenvalue weighted by Gasteiger charge is -2.17. The van der Waals surface area contributed by atoms with Gasteiger partial charge in [-0.25, -0.2) is 14.4 Å². The highest BCUT2D eigenvalue weighted by Gasteiger charge is 2.27. The van der Waals surface area contributed by atoms with Crippen molar-refractivity contribution in [2.75, 3.05) is 5.32 Å². The molecule has 0 radical (unpaired) electrons. The molecule has 1 aliphatic carbocycles. The lowest BCUT2D eigenvalue weighted by Crippen LogP contribution is -2.21. The highest BCUT2D eigenvalue weighted by Crippen LogP contribution is 2.34. The number of nitrogens with one attached hydrogen (secondary N) is 1. The number of hydrogen-bond donors (Lipinski definition) is 4. The Morgan fingerprint density at radius 3 is 2.24 bits per heavy atom. The first kappa shape index (κ1) is 29.4. The quantitative estimate of drug-likeness (QED) is 0.207. The van der Waals surface area contributed by atoms with Crippen LogP contribution in [-0.2, 0) is 4.74 Å². The van der Waals surface area contributed by atoms with Gasteiger partial charge in [0.15, 0.2) is 0 Å². The maximum Gasteiger partial charge on any atom is 0.340 e. The van der Waals surface area contributed by atoms with Gasteiger partial charge in [-0.15, -0.1) is 0 Å². The average molecular weight is 596 g/mol. The van der Waals surface area contributed by atoms with Crippen LogP contribution in [0.3, 0.4) is 0 Å². The first-order valence-electron chi connectivity index (χ1n) is 12.2. The van der Waals surface area contributed by atoms with Crippen LogP contribution in [0, 0.1) is 0 Å². The van der Waals surface area contributed by atoms with Crippen molar-refractivity contribution in [1.29, 1.82) is 0 Å². The lowest BCUT2D eigenvalue weighted by atomic mass is 10.00. The SMILES string of the molecule is C=C(C)C1=CCC(OC(=O)c2ccc(-c3ccc(Cl)cc3Cl)cc2NC(=O)c2cc(C(=O)O)c(O)cc2C(=O)O)C1. The molecule has 0 heterocycles. The molecule has 1 atom stereocenters. The van der Waals surface area contributed by atoms with Crippen LogP contribution in [0.2, 0.25) is 10.0 Å². The molecule has 1 unspecified atom stereocenters. The number of rotatable bonds is 8. The Kier molecular flexibility index (Phi) is 8.51. The van der Waals surface area contributed by atoms with Crippen LogP contribution in [0.25, 0.3) is 11.1 Å². The monoisotopic (exact) mass is 595 g/mol. The molecule has 4 N–H and O–H groups in total. The topological polar surface area (TPSA) is 150 Å². The largest absolute Gasteiger partial charge is 0.507 e. The molecule has 3 aromatic rings. The molecule has 0 aliphatic heterocycles. The maximum atomic E-state index is 13.4. The lowest BCUT2D eigenvalue weighted by molar-refractivity contribution is 0.0328. The summed E-state index contributed by atoms with van der Waals surface area (Å²) >= 11 is 12.4. The zero-order valence-electron chi connectivity index (χ0n) is 21.5. The Bertz CT molecular complexity index is 1660. The molecule has 0 saturated heterocycles. The zero-order chi connectivity index (χ0) is 30.0. The van der Waals surface area contributed by atoms with E-state index in [4.69, 9.17) is 27.9 Å². The Morgan fingerprint density at radius 2 is 1.63 bits per heavy atom. The standard InChI is InChI=1S/C30H23Cl2NO8/c1-14(2)15-3-6-18(9-15)41-30(40)20-7-4-16(19-8-5-17(31)11-24(19)32)10-25(20)33-27(35)21-12-23(29(38)39)26(34)13-22(21)28(36)37/h3-5,7-8,10-13,18,34H,1,6,9H2,2H3,(H,33,35)(H,36,37)(H,38,39). The van der Waals surface area contributed by atoms with Crippen LogP contribution in [0.15, 0.2) is 72.3 Å². The van der Waals surface area contributed by atoms with Crippen molar-refractivity contribution in [3.63, 3.8) is 0 Å². The second-order valence-electron chi connectivity index (χ2n) is 9.34. The molecule has 1 amide bonds. The number of halogens is 2. The summed E-state index contributed by atoms with van der Waals surface area (Å²) in [5.74, 6) is -5.76. The first-order valence-corrected chi connectivity index (χ1v) is 12.9. The van der Waals surface area contributed by atoms with Crippen LogP contribution in [0.5, 0.6) is 5.75 Å². The second-order valence-corrected chi connectivity index (χ2v) is 10.2. The van der Waals surface area contributed by atoms with Crippen molar-refractivity contribution in [2.45, 2.75) is 25.9 Å². The zero-order valence-corrected chi connectivity index (χ0v) is 23.0. The predicted octanol–water partition coefficient (Wildman–Crippen LogP) is 6.84. The summed E-state index contributed by atoms with van der Waals surface area (Å²) < 4.78 is 5.69. The number of phenols is 1. The van der Waals surface area contributed by atoms with Gasteiger partial charge in [-0.3, -0.25) is 4.79 Å². The minimum Gasteiger partial charge on any atom is -0.507 e. The van der Waals surface area contributed by atoms with Gasteiger partial charge in [-0.05, 0) is 54.5 Å². The molecule has 0 fully saturated rings. The van der Waals surface area contributed by atoms with Gasteiger partial charge >= 0.3 is 17.9 Å². The van der Waals surface area contributed by atoms with E-state index in [1.807, 2.05) is 13.0 Å². The number of ether oxygens (including phenoxy) is 1. The number of carboxylic acids is 2. The van der Waals surface area contributed by atoms with Gasteiger partial charge in [0, 0.05) is 28.5 Å². The summed E-state index contributed by atoms with van der Waals surface area (Å²) in [7, 11) is 0.